The number of halogens is 3. The van der Waals surface area contributed by atoms with Crippen LogP contribution in [0.3, 0.4) is 0 Å². The molecule has 0 unspecified atom stereocenters. The first-order chi connectivity index (χ1) is 24.5. The summed E-state index contributed by atoms with van der Waals surface area (Å²) in [7, 11) is 1.45. The first-order valence-corrected chi connectivity index (χ1v) is 18.0. The van der Waals surface area contributed by atoms with Gasteiger partial charge in [-0.1, -0.05) is 48.0 Å². The molecule has 3 aromatic carbocycles. The van der Waals surface area contributed by atoms with Crippen LogP contribution in [0.4, 0.5) is 10.1 Å². The quantitative estimate of drug-likeness (QED) is 0.195. The van der Waals surface area contributed by atoms with E-state index in [1.807, 2.05) is 24.3 Å². The van der Waals surface area contributed by atoms with Gasteiger partial charge in [-0.3, -0.25) is 29.0 Å². The van der Waals surface area contributed by atoms with Crippen LogP contribution in [0, 0.1) is 23.6 Å². The van der Waals surface area contributed by atoms with E-state index in [1.54, 1.807) is 12.1 Å². The normalized spacial score (nSPS) is 31.0. The number of carbonyl (C=O) groups excluding carboxylic acids is 4. The zero-order valence-electron chi connectivity index (χ0n) is 27.8. The fourth-order valence-corrected chi connectivity index (χ4v) is 10.1. The number of rotatable bonds is 6. The molecule has 9 nitrogen and oxygen atoms in total. The van der Waals surface area contributed by atoms with Crippen LogP contribution in [-0.4, -0.2) is 74.5 Å². The molecular formula is C39H36Cl2FN3O6. The number of allylic oxidation sites excluding steroid dienone is 2. The van der Waals surface area contributed by atoms with Gasteiger partial charge >= 0.3 is 0 Å². The number of likely N-dealkylation sites (tertiary alicyclic amines) is 2. The molecule has 3 heterocycles. The number of carbonyl (C=O) groups is 4. The molecule has 51 heavy (non-hydrogen) atoms. The molecule has 1 N–H and O–H groups in total. The van der Waals surface area contributed by atoms with Gasteiger partial charge in [0.05, 0.1) is 24.6 Å². The number of benzene rings is 3. The highest BCUT2D eigenvalue weighted by Gasteiger charge is 2.77. The predicted molar refractivity (Wildman–Crippen MR) is 188 cm³/mol. The molecule has 264 valence electrons. The minimum absolute atomic E-state index is 0.0882. The van der Waals surface area contributed by atoms with Gasteiger partial charge in [-0.05, 0) is 67.5 Å². The third-order valence-corrected chi connectivity index (χ3v) is 13.1. The predicted octanol–water partition coefficient (Wildman–Crippen LogP) is 5.77. The molecule has 6 atom stereocenters. The van der Waals surface area contributed by atoms with Gasteiger partial charge in [-0.25, -0.2) is 9.29 Å². The third kappa shape index (κ3) is 5.04. The smallest absolute Gasteiger partial charge is 0.258 e. The van der Waals surface area contributed by atoms with Gasteiger partial charge in [-0.15, -0.1) is 23.2 Å². The molecule has 12 heteroatoms. The SMILES string of the molecule is COc1ccc([C@H]2C3=CC[C@@H]4C(=O)N(C5CCN(Cc6ccccc6)CC5)C(=O)[C@@H]4[C@@H]3C[C@@]3(Cl)C(=O)N(c4ccc(F)cc4)C(=O)[C@@]23Cl)c(O)c1. The van der Waals surface area contributed by atoms with Crippen molar-refractivity contribution >= 4 is 52.5 Å². The number of piperidine rings is 1. The maximum atomic E-state index is 14.5. The summed E-state index contributed by atoms with van der Waals surface area (Å²) in [5, 5.41) is 11.4. The van der Waals surface area contributed by atoms with Crippen LogP contribution >= 0.6 is 23.2 Å². The van der Waals surface area contributed by atoms with Crippen molar-refractivity contribution in [3.8, 4) is 11.5 Å². The van der Waals surface area contributed by atoms with E-state index in [0.717, 1.165) is 36.7 Å². The Morgan fingerprint density at radius 1 is 0.902 bits per heavy atom. The van der Waals surface area contributed by atoms with Crippen molar-refractivity contribution in [3.63, 3.8) is 0 Å². The summed E-state index contributed by atoms with van der Waals surface area (Å²) < 4.78 is 19.2. The first-order valence-electron chi connectivity index (χ1n) is 17.2. The highest BCUT2D eigenvalue weighted by atomic mass is 35.5. The van der Waals surface area contributed by atoms with E-state index < -0.39 is 51.1 Å². The third-order valence-electron chi connectivity index (χ3n) is 11.6. The molecule has 4 amide bonds. The Labute approximate surface area is 304 Å². The maximum Gasteiger partial charge on any atom is 0.258 e. The van der Waals surface area contributed by atoms with E-state index in [-0.39, 0.29) is 47.7 Å². The standard InChI is InChI=1S/C39H36Cl2FN3O6/c1-51-26-11-12-28(31(46)19-26)33-27-13-14-29-32(35(48)44(34(29)47)25-15-17-43(18-16-25)21-22-5-3-2-4-6-22)30(27)20-38(40)36(49)45(37(50)39(33,38)41)24-9-7-23(42)8-10-24/h2-13,19,25,29-30,32-33,46H,14-18,20-21H2,1H3/t29-,30+,32-,33+,38+,39-/m0/s1. The number of phenols is 1. The van der Waals surface area contributed by atoms with Crippen molar-refractivity contribution in [2.45, 2.75) is 53.9 Å². The summed E-state index contributed by atoms with van der Waals surface area (Å²) >= 11 is 14.8. The maximum absolute atomic E-state index is 14.5. The van der Waals surface area contributed by atoms with Gasteiger partial charge < -0.3 is 9.84 Å². The minimum atomic E-state index is -2.14. The van der Waals surface area contributed by atoms with Gasteiger partial charge in [0.25, 0.3) is 11.8 Å². The molecular weight excluding hydrogens is 696 g/mol. The average Bonchev–Trinajstić information content (AvgIpc) is 3.47. The van der Waals surface area contributed by atoms with Crippen molar-refractivity contribution in [2.24, 2.45) is 17.8 Å². The van der Waals surface area contributed by atoms with Gasteiger partial charge in [0.1, 0.15) is 17.3 Å². The van der Waals surface area contributed by atoms with E-state index in [4.69, 9.17) is 27.9 Å². The zero-order chi connectivity index (χ0) is 35.8. The number of imide groups is 2. The monoisotopic (exact) mass is 731 g/mol. The Morgan fingerprint density at radius 3 is 2.27 bits per heavy atom. The summed E-state index contributed by atoms with van der Waals surface area (Å²) in [5.41, 5.74) is 2.09. The second kappa shape index (κ2) is 12.5. The van der Waals surface area contributed by atoms with Crippen LogP contribution in [0.15, 0.2) is 84.4 Å². The topological polar surface area (TPSA) is 107 Å². The number of phenolic OH excluding ortho intramolecular Hbond substituents is 1. The van der Waals surface area contributed by atoms with Crippen molar-refractivity contribution in [2.75, 3.05) is 25.1 Å². The number of alkyl halides is 2. The molecule has 3 saturated heterocycles. The van der Waals surface area contributed by atoms with Crippen LogP contribution < -0.4 is 9.64 Å². The van der Waals surface area contributed by atoms with E-state index in [9.17, 15) is 28.7 Å². The number of ether oxygens (including phenoxy) is 1. The molecule has 3 aromatic rings. The van der Waals surface area contributed by atoms with E-state index >= 15 is 0 Å². The lowest BCUT2D eigenvalue weighted by Gasteiger charge is -2.50. The average molecular weight is 733 g/mol. The molecule has 0 spiro atoms. The van der Waals surface area contributed by atoms with Crippen molar-refractivity contribution in [1.29, 1.82) is 0 Å². The lowest BCUT2D eigenvalue weighted by Crippen LogP contribution is -2.60. The van der Waals surface area contributed by atoms with E-state index in [2.05, 4.69) is 17.0 Å². The lowest BCUT2D eigenvalue weighted by atomic mass is 9.56. The molecule has 5 aliphatic rings. The zero-order valence-corrected chi connectivity index (χ0v) is 29.3. The van der Waals surface area contributed by atoms with Crippen molar-refractivity contribution < 1.29 is 33.4 Å². The number of nitrogens with zero attached hydrogens (tertiary/aromatic N) is 3. The molecule has 2 aliphatic carbocycles. The summed E-state index contributed by atoms with van der Waals surface area (Å²) in [6, 6.07) is 19.3. The van der Waals surface area contributed by atoms with Gasteiger partial charge in [0, 0.05) is 43.2 Å². The molecule has 8 rings (SSSR count). The Morgan fingerprint density at radius 2 is 1.61 bits per heavy atom. The van der Waals surface area contributed by atoms with Crippen LogP contribution in [0.5, 0.6) is 11.5 Å². The highest BCUT2D eigenvalue weighted by molar-refractivity contribution is 6.58. The number of fused-ring (bicyclic) bond motifs is 4. The number of amides is 4. The number of aromatic hydroxyl groups is 1. The Balaban J connectivity index is 1.16. The van der Waals surface area contributed by atoms with E-state index in [1.165, 1.54) is 35.8 Å². The summed E-state index contributed by atoms with van der Waals surface area (Å²) in [4.78, 5) is 58.0. The lowest BCUT2D eigenvalue weighted by molar-refractivity contribution is -0.144. The van der Waals surface area contributed by atoms with Crippen LogP contribution in [0.2, 0.25) is 0 Å². The van der Waals surface area contributed by atoms with Gasteiger partial charge in [-0.2, -0.15) is 0 Å². The second-order valence-corrected chi connectivity index (χ2v) is 15.5. The summed E-state index contributed by atoms with van der Waals surface area (Å²) in [6.07, 6.45) is 3.16. The Kier molecular flexibility index (Phi) is 8.27. The van der Waals surface area contributed by atoms with Crippen molar-refractivity contribution in [3.05, 3.63) is 101 Å². The number of hydrogen-bond donors (Lipinski definition) is 1. The first kappa shape index (κ1) is 33.9. The largest absolute Gasteiger partial charge is 0.508 e. The molecule has 4 fully saturated rings. The summed E-state index contributed by atoms with van der Waals surface area (Å²) in [5.74, 6) is -6.00. The minimum Gasteiger partial charge on any atom is -0.508 e. The van der Waals surface area contributed by atoms with Crippen LogP contribution in [-0.2, 0) is 25.7 Å². The fourth-order valence-electron chi connectivity index (χ4n) is 9.20. The second-order valence-electron chi connectivity index (χ2n) is 14.2. The fraction of sp³-hybridized carbons (Fsp3) is 0.385. The van der Waals surface area contributed by atoms with E-state index in [0.29, 0.717) is 24.2 Å². The Hall–Kier alpha value is -4.25. The molecule has 3 aliphatic heterocycles. The number of hydrogen-bond acceptors (Lipinski definition) is 7. The Bertz CT molecular complexity index is 1970. The van der Waals surface area contributed by atoms with Gasteiger partial charge in [0.15, 0.2) is 9.75 Å². The number of anilines is 1. The highest BCUT2D eigenvalue weighted by Crippen LogP contribution is 2.66. The van der Waals surface area contributed by atoms with Gasteiger partial charge in [0.2, 0.25) is 11.8 Å². The van der Waals surface area contributed by atoms with Crippen LogP contribution in [0.1, 0.15) is 42.7 Å². The molecule has 0 aromatic heterocycles. The molecule has 1 saturated carbocycles. The van der Waals surface area contributed by atoms with Crippen LogP contribution in [0.25, 0.3) is 0 Å². The number of methoxy groups -OCH3 is 1. The summed E-state index contributed by atoms with van der Waals surface area (Å²) in [6.45, 7) is 2.25. The van der Waals surface area contributed by atoms with Crippen molar-refractivity contribution in [1.82, 2.24) is 9.80 Å². The molecule has 0 bridgehead atoms. The molecule has 0 radical (unpaired) electrons.